The Kier molecular flexibility index (Phi) is 9.37. The summed E-state index contributed by atoms with van der Waals surface area (Å²) in [6, 6.07) is 12.3. The lowest BCUT2D eigenvalue weighted by Gasteiger charge is -2.22. The van der Waals surface area contributed by atoms with Crippen LogP contribution in [0.1, 0.15) is 33.6 Å². The number of ether oxygens (including phenoxy) is 2. The maximum absolute atomic E-state index is 12.8. The molecule has 0 unspecified atom stereocenters. The maximum Gasteiger partial charge on any atom is 0.408 e. The van der Waals surface area contributed by atoms with Crippen molar-refractivity contribution in [2.75, 3.05) is 36.4 Å². The molecule has 13 heteroatoms. The second kappa shape index (κ2) is 12.7. The van der Waals surface area contributed by atoms with E-state index in [0.717, 1.165) is 0 Å². The molecule has 1 heterocycles. The third-order valence-corrected chi connectivity index (χ3v) is 8.11. The summed E-state index contributed by atoms with van der Waals surface area (Å²) in [4.78, 5) is 33.7. The number of hydrogen-bond donors (Lipinski definition) is 4. The number of nitrogens with zero attached hydrogens (tertiary/aromatic N) is 2. The fourth-order valence-electron chi connectivity index (χ4n) is 4.09. The lowest BCUT2D eigenvalue weighted by molar-refractivity contribution is -0.111. The minimum atomic E-state index is -2.57. The van der Waals surface area contributed by atoms with Crippen molar-refractivity contribution in [1.29, 1.82) is 0 Å². The molecule has 1 aliphatic carbocycles. The second-order valence-corrected chi connectivity index (χ2v) is 15.1. The van der Waals surface area contributed by atoms with Crippen LogP contribution in [0, 0.1) is 0 Å². The summed E-state index contributed by atoms with van der Waals surface area (Å²) in [5.74, 6) is 0.655. The van der Waals surface area contributed by atoms with Crippen molar-refractivity contribution < 1.29 is 23.6 Å². The fourth-order valence-corrected chi connectivity index (χ4v) is 5.38. The number of carbonyl (C=O) groups excluding carboxylic acids is 2. The van der Waals surface area contributed by atoms with Crippen LogP contribution in [-0.2, 0) is 14.1 Å². The fraction of sp³-hybridized carbons (Fsp3) is 0.333. The Balaban J connectivity index is 1.47. The average molecular weight is 627 g/mol. The predicted molar refractivity (Wildman–Crippen MR) is 171 cm³/mol. The molecule has 0 aliphatic heterocycles. The Morgan fingerprint density at radius 2 is 1.79 bits per heavy atom. The number of carbonyl (C=O) groups is 2. The molecule has 0 saturated heterocycles. The van der Waals surface area contributed by atoms with Gasteiger partial charge in [-0.3, -0.25) is 4.79 Å². The molecule has 1 fully saturated rings. The van der Waals surface area contributed by atoms with E-state index in [1.807, 2.05) is 18.2 Å². The molecule has 0 spiro atoms. The van der Waals surface area contributed by atoms with Gasteiger partial charge in [0.1, 0.15) is 23.5 Å². The van der Waals surface area contributed by atoms with Gasteiger partial charge in [0.05, 0.1) is 30.2 Å². The van der Waals surface area contributed by atoms with Gasteiger partial charge >= 0.3 is 6.09 Å². The van der Waals surface area contributed by atoms with Gasteiger partial charge in [-0.1, -0.05) is 29.8 Å². The van der Waals surface area contributed by atoms with Crippen molar-refractivity contribution in [1.82, 2.24) is 15.3 Å². The van der Waals surface area contributed by atoms with Crippen LogP contribution in [0.4, 0.5) is 33.6 Å². The Morgan fingerprint density at radius 1 is 1.07 bits per heavy atom. The van der Waals surface area contributed by atoms with E-state index < -0.39 is 24.4 Å². The highest BCUT2D eigenvalue weighted by Gasteiger charge is 2.42. The van der Waals surface area contributed by atoms with Crippen LogP contribution in [0.5, 0.6) is 5.75 Å². The summed E-state index contributed by atoms with van der Waals surface area (Å²) < 4.78 is 23.6. The van der Waals surface area contributed by atoms with E-state index in [4.69, 9.17) is 21.1 Å². The maximum atomic E-state index is 12.8. The zero-order valence-electron chi connectivity index (χ0n) is 24.9. The minimum Gasteiger partial charge on any atom is -0.495 e. The molecule has 0 atom stereocenters. The summed E-state index contributed by atoms with van der Waals surface area (Å²) in [5, 5.41) is 12.9. The Morgan fingerprint density at radius 3 is 2.44 bits per heavy atom. The highest BCUT2D eigenvalue weighted by atomic mass is 35.5. The second-order valence-electron chi connectivity index (χ2n) is 11.5. The molecule has 1 aliphatic rings. The van der Waals surface area contributed by atoms with Crippen LogP contribution in [0.15, 0.2) is 60.8 Å². The van der Waals surface area contributed by atoms with Crippen molar-refractivity contribution >= 4 is 64.9 Å². The number of anilines is 5. The van der Waals surface area contributed by atoms with E-state index in [9.17, 15) is 14.2 Å². The number of aromatic nitrogens is 2. The first-order valence-corrected chi connectivity index (χ1v) is 16.5. The average Bonchev–Trinajstić information content (AvgIpc) is 3.67. The van der Waals surface area contributed by atoms with Crippen LogP contribution >= 0.6 is 18.7 Å². The summed E-state index contributed by atoms with van der Waals surface area (Å²) in [6.45, 7) is 8.77. The van der Waals surface area contributed by atoms with E-state index >= 15 is 0 Å². The molecule has 228 valence electrons. The molecule has 0 bridgehead atoms. The van der Waals surface area contributed by atoms with Crippen LogP contribution in [0.25, 0.3) is 0 Å². The number of halogens is 1. The SMILES string of the molecule is COc1ccc(NC(=O)C=CC2(NC(=O)OC(C)(C)C)CC2)cc1Nc1ncc(Cl)c(Nc2ccccc2P(C)(C)=O)n1. The number of rotatable bonds is 10. The molecule has 2 aromatic carbocycles. The number of methoxy groups -OCH3 is 1. The number of nitrogens with one attached hydrogen (secondary N) is 4. The van der Waals surface area contributed by atoms with Gasteiger partial charge < -0.3 is 35.3 Å². The molecule has 11 nitrogen and oxygen atoms in total. The Bertz CT molecular complexity index is 1600. The topological polar surface area (TPSA) is 144 Å². The highest BCUT2D eigenvalue weighted by Crippen LogP contribution is 2.39. The molecule has 1 aromatic heterocycles. The minimum absolute atomic E-state index is 0.214. The summed E-state index contributed by atoms with van der Waals surface area (Å²) >= 11 is 6.39. The number of para-hydroxylation sites is 1. The van der Waals surface area contributed by atoms with Gasteiger partial charge in [-0.25, -0.2) is 9.78 Å². The third-order valence-electron chi connectivity index (χ3n) is 6.29. The number of amides is 2. The van der Waals surface area contributed by atoms with E-state index in [1.165, 1.54) is 19.4 Å². The quantitative estimate of drug-likeness (QED) is 0.148. The molecular weight excluding hydrogens is 591 g/mol. The van der Waals surface area contributed by atoms with E-state index in [0.29, 0.717) is 46.8 Å². The zero-order valence-corrected chi connectivity index (χ0v) is 26.6. The predicted octanol–water partition coefficient (Wildman–Crippen LogP) is 6.43. The van der Waals surface area contributed by atoms with Crippen molar-refractivity contribution in [2.24, 2.45) is 0 Å². The first-order chi connectivity index (χ1) is 20.2. The molecule has 3 aromatic rings. The van der Waals surface area contributed by atoms with Crippen molar-refractivity contribution in [3.63, 3.8) is 0 Å². The van der Waals surface area contributed by atoms with Gasteiger partial charge in [0, 0.05) is 17.1 Å². The van der Waals surface area contributed by atoms with Gasteiger partial charge in [-0.2, -0.15) is 4.98 Å². The third kappa shape index (κ3) is 8.95. The molecule has 0 radical (unpaired) electrons. The van der Waals surface area contributed by atoms with E-state index in [1.54, 1.807) is 64.4 Å². The van der Waals surface area contributed by atoms with Crippen LogP contribution in [0.3, 0.4) is 0 Å². The molecular formula is C30H36ClN6O5P. The Hall–Kier alpha value is -4.08. The van der Waals surface area contributed by atoms with Crippen molar-refractivity contribution in [2.45, 2.75) is 44.8 Å². The van der Waals surface area contributed by atoms with Crippen molar-refractivity contribution in [3.05, 3.63) is 65.8 Å². The van der Waals surface area contributed by atoms with Crippen LogP contribution in [0.2, 0.25) is 5.02 Å². The van der Waals surface area contributed by atoms with E-state index in [-0.39, 0.29) is 16.9 Å². The molecule has 1 saturated carbocycles. The van der Waals surface area contributed by atoms with Gasteiger partial charge in [0.15, 0.2) is 5.82 Å². The normalized spacial score (nSPS) is 14.1. The van der Waals surface area contributed by atoms with Gasteiger partial charge in [-0.15, -0.1) is 0 Å². The van der Waals surface area contributed by atoms with Gasteiger partial charge in [0.25, 0.3) is 0 Å². The smallest absolute Gasteiger partial charge is 0.408 e. The van der Waals surface area contributed by atoms with Gasteiger partial charge in [0.2, 0.25) is 11.9 Å². The summed E-state index contributed by atoms with van der Waals surface area (Å²) in [6.07, 6.45) is 5.42. The molecule has 4 rings (SSSR count). The van der Waals surface area contributed by atoms with E-state index in [2.05, 4.69) is 31.2 Å². The largest absolute Gasteiger partial charge is 0.495 e. The monoisotopic (exact) mass is 626 g/mol. The van der Waals surface area contributed by atoms with Crippen LogP contribution < -0.4 is 31.3 Å². The zero-order chi connectivity index (χ0) is 31.4. The van der Waals surface area contributed by atoms with Gasteiger partial charge in [-0.05, 0) is 77.3 Å². The standard InChI is InChI=1S/C30H36ClN6O5P/c1-29(2,3)42-28(39)37-30(15-16-30)14-13-25(38)33-19-11-12-23(41-4)22(17-19)35-27-32-18-20(31)26(36-27)34-21-9-7-8-10-24(21)43(5,6)40/h7-14,17-18H,15-16H2,1-6H3,(H,33,38)(H,37,39)(H2,32,34,35,36). The molecule has 2 amide bonds. The summed E-state index contributed by atoms with van der Waals surface area (Å²) in [5.41, 5.74) is 0.417. The number of hydrogen-bond acceptors (Lipinski definition) is 9. The Labute approximate surface area is 256 Å². The first kappa shape index (κ1) is 31.8. The highest BCUT2D eigenvalue weighted by molar-refractivity contribution is 7.70. The molecule has 43 heavy (non-hydrogen) atoms. The number of benzene rings is 2. The lowest BCUT2D eigenvalue weighted by atomic mass is 10.2. The lowest BCUT2D eigenvalue weighted by Crippen LogP contribution is -2.39. The van der Waals surface area contributed by atoms with Crippen molar-refractivity contribution in [3.8, 4) is 5.75 Å². The van der Waals surface area contributed by atoms with Crippen LogP contribution in [-0.4, -0.2) is 53.5 Å². The summed E-state index contributed by atoms with van der Waals surface area (Å²) in [7, 11) is -1.05. The number of alkyl carbamates (subject to hydrolysis) is 1. The molecule has 4 N–H and O–H groups in total. The first-order valence-electron chi connectivity index (χ1n) is 13.6.